The van der Waals surface area contributed by atoms with Crippen molar-refractivity contribution < 1.29 is 17.6 Å². The number of nitrogens with one attached hydrogen (secondary N) is 1. The van der Waals surface area contributed by atoms with Crippen molar-refractivity contribution in [1.82, 2.24) is 5.32 Å². The van der Waals surface area contributed by atoms with Crippen LogP contribution in [0.5, 0.6) is 0 Å². The summed E-state index contributed by atoms with van der Waals surface area (Å²) >= 11 is 12.1. The largest absolute Gasteiger partial charge is 0.348 e. The van der Waals surface area contributed by atoms with E-state index in [1.54, 1.807) is 19.1 Å². The maximum atomic E-state index is 13.1. The molecule has 27 heavy (non-hydrogen) atoms. The Morgan fingerprint density at radius 2 is 1.70 bits per heavy atom. The van der Waals surface area contributed by atoms with Gasteiger partial charge >= 0.3 is 0 Å². The van der Waals surface area contributed by atoms with Crippen molar-refractivity contribution in [3.63, 3.8) is 0 Å². The van der Waals surface area contributed by atoms with Gasteiger partial charge in [-0.15, -0.1) is 0 Å². The highest BCUT2D eigenvalue weighted by Crippen LogP contribution is 2.32. The van der Waals surface area contributed by atoms with Crippen molar-refractivity contribution in [2.24, 2.45) is 0 Å². The molecule has 0 bridgehead atoms. The molecule has 2 atom stereocenters. The monoisotopic (exact) mass is 432 g/mol. The number of halogens is 3. The minimum Gasteiger partial charge on any atom is -0.348 e. The molecule has 0 unspecified atom stereocenters. The quantitative estimate of drug-likeness (QED) is 0.744. The van der Waals surface area contributed by atoms with E-state index in [9.17, 15) is 17.6 Å². The molecule has 0 aliphatic carbocycles. The standard InChI is InChI=1S/C18H19Cl2FN2O3S/c1-11(13-4-7-15(21)8-5-13)22-18(24)12(2)23(27(3,25)26)17-10-14(19)6-9-16(17)20/h4-12H,1-3H3,(H,22,24)/t11-,12+/m1/s1. The summed E-state index contributed by atoms with van der Waals surface area (Å²) in [5.74, 6) is -0.919. The Morgan fingerprint density at radius 1 is 1.11 bits per heavy atom. The van der Waals surface area contributed by atoms with E-state index in [1.165, 1.54) is 37.3 Å². The fraction of sp³-hybridized carbons (Fsp3) is 0.278. The van der Waals surface area contributed by atoms with Crippen LogP contribution in [0.4, 0.5) is 10.1 Å². The SMILES string of the molecule is C[C@@H](NC(=O)[C@H](C)N(c1cc(Cl)ccc1Cl)S(C)(=O)=O)c1ccc(F)cc1. The van der Waals surface area contributed by atoms with Gasteiger partial charge in [0.25, 0.3) is 0 Å². The normalized spacial score (nSPS) is 13.7. The molecular formula is C18H19Cl2FN2O3S. The molecule has 0 fully saturated rings. The molecule has 0 aliphatic heterocycles. The van der Waals surface area contributed by atoms with E-state index in [1.807, 2.05) is 0 Å². The van der Waals surface area contributed by atoms with Gasteiger partial charge in [-0.2, -0.15) is 0 Å². The van der Waals surface area contributed by atoms with E-state index in [0.717, 1.165) is 10.6 Å². The number of carbonyl (C=O) groups is 1. The number of sulfonamides is 1. The van der Waals surface area contributed by atoms with Crippen LogP contribution in [0.3, 0.4) is 0 Å². The maximum Gasteiger partial charge on any atom is 0.244 e. The lowest BCUT2D eigenvalue weighted by molar-refractivity contribution is -0.122. The van der Waals surface area contributed by atoms with Crippen LogP contribution in [0.25, 0.3) is 0 Å². The Bertz CT molecular complexity index is 936. The third kappa shape index (κ3) is 5.34. The van der Waals surface area contributed by atoms with Crippen LogP contribution in [0.15, 0.2) is 42.5 Å². The summed E-state index contributed by atoms with van der Waals surface area (Å²) in [5.41, 5.74) is 0.799. The molecule has 0 aliphatic rings. The van der Waals surface area contributed by atoms with Gasteiger partial charge in [-0.3, -0.25) is 9.10 Å². The number of rotatable bonds is 6. The van der Waals surface area contributed by atoms with Crippen LogP contribution >= 0.6 is 23.2 Å². The van der Waals surface area contributed by atoms with Crippen molar-refractivity contribution >= 4 is 44.8 Å². The smallest absolute Gasteiger partial charge is 0.244 e. The maximum absolute atomic E-state index is 13.1. The summed E-state index contributed by atoms with van der Waals surface area (Å²) in [7, 11) is -3.83. The zero-order valence-electron chi connectivity index (χ0n) is 14.9. The van der Waals surface area contributed by atoms with Crippen LogP contribution in [0.2, 0.25) is 10.0 Å². The number of nitrogens with zero attached hydrogens (tertiary/aromatic N) is 1. The Kier molecular flexibility index (Phi) is 6.72. The van der Waals surface area contributed by atoms with Gasteiger partial charge in [0.05, 0.1) is 23.0 Å². The Balaban J connectivity index is 2.30. The van der Waals surface area contributed by atoms with Crippen molar-refractivity contribution in [2.45, 2.75) is 25.9 Å². The van der Waals surface area contributed by atoms with Gasteiger partial charge in [0.2, 0.25) is 15.9 Å². The van der Waals surface area contributed by atoms with Crippen molar-refractivity contribution in [1.29, 1.82) is 0 Å². The number of hydrogen-bond acceptors (Lipinski definition) is 3. The molecule has 1 amide bonds. The number of carbonyl (C=O) groups excluding carboxylic acids is 1. The van der Waals surface area contributed by atoms with Gasteiger partial charge in [-0.05, 0) is 49.7 Å². The first-order valence-corrected chi connectivity index (χ1v) is 10.6. The molecule has 0 aromatic heterocycles. The van der Waals surface area contributed by atoms with Gasteiger partial charge in [-0.25, -0.2) is 12.8 Å². The van der Waals surface area contributed by atoms with Crippen LogP contribution in [0, 0.1) is 5.82 Å². The highest BCUT2D eigenvalue weighted by molar-refractivity contribution is 7.92. The lowest BCUT2D eigenvalue weighted by Crippen LogP contribution is -2.48. The minimum absolute atomic E-state index is 0.115. The van der Waals surface area contributed by atoms with E-state index in [4.69, 9.17) is 23.2 Å². The molecule has 5 nitrogen and oxygen atoms in total. The first kappa shape index (κ1) is 21.5. The van der Waals surface area contributed by atoms with Crippen LogP contribution in [-0.4, -0.2) is 26.6 Å². The van der Waals surface area contributed by atoms with E-state index in [0.29, 0.717) is 5.56 Å². The molecule has 2 aromatic rings. The highest BCUT2D eigenvalue weighted by atomic mass is 35.5. The van der Waals surface area contributed by atoms with Crippen molar-refractivity contribution in [3.05, 3.63) is 63.9 Å². The van der Waals surface area contributed by atoms with Crippen LogP contribution in [-0.2, 0) is 14.8 Å². The molecule has 0 spiro atoms. The minimum atomic E-state index is -3.83. The molecule has 2 aromatic carbocycles. The molecule has 0 saturated carbocycles. The fourth-order valence-corrected chi connectivity index (χ4v) is 4.21. The molecule has 2 rings (SSSR count). The van der Waals surface area contributed by atoms with Crippen LogP contribution in [0.1, 0.15) is 25.5 Å². The fourth-order valence-electron chi connectivity index (χ4n) is 2.60. The van der Waals surface area contributed by atoms with Gasteiger partial charge < -0.3 is 5.32 Å². The van der Waals surface area contributed by atoms with E-state index >= 15 is 0 Å². The Labute approximate surface area is 168 Å². The highest BCUT2D eigenvalue weighted by Gasteiger charge is 2.31. The average Bonchev–Trinajstić information content (AvgIpc) is 2.57. The lowest BCUT2D eigenvalue weighted by Gasteiger charge is -2.30. The third-order valence-corrected chi connectivity index (χ3v) is 5.75. The molecule has 0 radical (unpaired) electrons. The summed E-state index contributed by atoms with van der Waals surface area (Å²) in [4.78, 5) is 12.7. The van der Waals surface area contributed by atoms with E-state index < -0.39 is 28.0 Å². The summed E-state index contributed by atoms with van der Waals surface area (Å²) in [5, 5.41) is 3.16. The van der Waals surface area contributed by atoms with Crippen molar-refractivity contribution in [2.75, 3.05) is 10.6 Å². The summed E-state index contributed by atoms with van der Waals surface area (Å²) < 4.78 is 38.7. The number of benzene rings is 2. The summed E-state index contributed by atoms with van der Waals surface area (Å²) in [6, 6.07) is 8.51. The summed E-state index contributed by atoms with van der Waals surface area (Å²) in [6.45, 7) is 3.17. The topological polar surface area (TPSA) is 66.5 Å². The molecule has 1 N–H and O–H groups in total. The lowest BCUT2D eigenvalue weighted by atomic mass is 10.1. The predicted molar refractivity (Wildman–Crippen MR) is 106 cm³/mol. The van der Waals surface area contributed by atoms with Gasteiger partial charge in [-0.1, -0.05) is 35.3 Å². The molecule has 0 heterocycles. The first-order chi connectivity index (χ1) is 12.5. The van der Waals surface area contributed by atoms with E-state index in [2.05, 4.69) is 5.32 Å². The molecule has 146 valence electrons. The van der Waals surface area contributed by atoms with E-state index in [-0.39, 0.29) is 21.5 Å². The second kappa shape index (κ2) is 8.46. The predicted octanol–water partition coefficient (Wildman–Crippen LogP) is 4.16. The second-order valence-corrected chi connectivity index (χ2v) is 8.82. The number of anilines is 1. The van der Waals surface area contributed by atoms with Gasteiger partial charge in [0.15, 0.2) is 0 Å². The molecular weight excluding hydrogens is 414 g/mol. The van der Waals surface area contributed by atoms with Crippen LogP contribution < -0.4 is 9.62 Å². The molecule has 9 heteroatoms. The Morgan fingerprint density at radius 3 is 2.26 bits per heavy atom. The Hall–Kier alpha value is -1.83. The van der Waals surface area contributed by atoms with Gasteiger partial charge in [0, 0.05) is 5.02 Å². The summed E-state index contributed by atoms with van der Waals surface area (Å²) in [6.07, 6.45) is 0.984. The number of amides is 1. The third-order valence-electron chi connectivity index (χ3n) is 3.96. The molecule has 0 saturated heterocycles. The first-order valence-electron chi connectivity index (χ1n) is 8.01. The average molecular weight is 433 g/mol. The van der Waals surface area contributed by atoms with Crippen molar-refractivity contribution in [3.8, 4) is 0 Å². The van der Waals surface area contributed by atoms with Gasteiger partial charge in [0.1, 0.15) is 11.9 Å². The second-order valence-electron chi connectivity index (χ2n) is 6.11. The zero-order chi connectivity index (χ0) is 20.4. The number of hydrogen-bond donors (Lipinski definition) is 1. The zero-order valence-corrected chi connectivity index (χ0v) is 17.2.